The van der Waals surface area contributed by atoms with Crippen LogP contribution in [0.15, 0.2) is 184 Å². The molecule has 5 nitrogen and oxygen atoms in total. The van der Waals surface area contributed by atoms with Crippen molar-refractivity contribution in [2.24, 2.45) is 0 Å². The lowest BCUT2D eigenvalue weighted by atomic mass is 9.99. The summed E-state index contributed by atoms with van der Waals surface area (Å²) >= 11 is 0. The molecule has 252 valence electrons. The summed E-state index contributed by atoms with van der Waals surface area (Å²) in [6.45, 7) is 0. The number of aromatic nitrogens is 3. The van der Waals surface area contributed by atoms with Crippen LogP contribution in [0.25, 0.3) is 111 Å². The van der Waals surface area contributed by atoms with Gasteiger partial charge in [0.2, 0.25) is 0 Å². The second-order valence-electron chi connectivity index (χ2n) is 12.7. The number of fused-ring (bicyclic) bond motifs is 7. The molecule has 54 heavy (non-hydrogen) atoms. The first-order chi connectivity index (χ1) is 31.3. The second kappa shape index (κ2) is 12.1. The molecule has 11 rings (SSSR count). The van der Waals surface area contributed by atoms with Crippen LogP contribution in [0.3, 0.4) is 0 Å². The van der Waals surface area contributed by atoms with Crippen molar-refractivity contribution in [3.05, 3.63) is 176 Å². The fraction of sp³-hybridized carbons (Fsp3) is 0. The maximum Gasteiger partial charge on any atom is 0.164 e. The van der Waals surface area contributed by atoms with Gasteiger partial charge in [-0.15, -0.1) is 0 Å². The van der Waals surface area contributed by atoms with Gasteiger partial charge >= 0.3 is 0 Å². The van der Waals surface area contributed by atoms with Gasteiger partial charge in [-0.05, 0) is 57.7 Å². The molecule has 0 aliphatic heterocycles. The van der Waals surface area contributed by atoms with Crippen LogP contribution in [-0.4, -0.2) is 15.0 Å². The van der Waals surface area contributed by atoms with Crippen molar-refractivity contribution in [1.82, 2.24) is 15.0 Å². The average Bonchev–Trinajstić information content (AvgIpc) is 3.91. The number of hydrogen-bond acceptors (Lipinski definition) is 5. The summed E-state index contributed by atoms with van der Waals surface area (Å²) in [5.74, 6) is 0.658. The average molecular weight is 703 g/mol. The number of benzene rings is 8. The molecule has 0 bridgehead atoms. The Morgan fingerprint density at radius 1 is 0.407 bits per heavy atom. The highest BCUT2D eigenvalue weighted by Crippen LogP contribution is 2.41. The summed E-state index contributed by atoms with van der Waals surface area (Å²) in [5.41, 5.74) is 2.18. The van der Waals surface area contributed by atoms with Crippen molar-refractivity contribution < 1.29 is 23.9 Å². The lowest BCUT2D eigenvalue weighted by Crippen LogP contribution is -2.00. The molecule has 8 aromatic carbocycles. The van der Waals surface area contributed by atoms with E-state index in [2.05, 4.69) is 0 Å². The van der Waals surface area contributed by atoms with Crippen molar-refractivity contribution in [3.8, 4) is 56.4 Å². The number of rotatable bonds is 5. The second-order valence-corrected chi connectivity index (χ2v) is 12.7. The molecule has 0 aliphatic carbocycles. The zero-order valence-electron chi connectivity index (χ0n) is 39.1. The molecule has 0 amide bonds. The molecular formula is C49H29N3O2. The molecule has 11 aromatic rings. The Hall–Kier alpha value is -7.37. The van der Waals surface area contributed by atoms with Crippen LogP contribution in [0.5, 0.6) is 0 Å². The van der Waals surface area contributed by atoms with E-state index in [0.29, 0.717) is 22.8 Å². The quantitative estimate of drug-likeness (QED) is 0.179. The first-order valence-electron chi connectivity index (χ1n) is 22.6. The predicted octanol–water partition coefficient (Wildman–Crippen LogP) is 13.2. The Morgan fingerprint density at radius 3 is 2.02 bits per heavy atom. The maximum absolute atomic E-state index is 9.35. The van der Waals surface area contributed by atoms with Gasteiger partial charge in [-0.25, -0.2) is 15.0 Å². The first kappa shape index (κ1) is 21.2. The fourth-order valence-electron chi connectivity index (χ4n) is 6.89. The standard InChI is InChI=1S/C49H29N3O2/c1-2-10-30(11-3-1)32-20-23-33(24-21-32)47-50-48(36-25-22-31-12-4-5-13-34(31)28-36)52-49(51-47)41-17-9-19-43-45(41)40-16-8-15-37(46(40)54-43)35-26-27-39-38-14-6-7-18-42(38)53-44(39)29-35/h1-29H/i6D,7D,8D,14D,15D,17D,18D,19D,26D,27D,29D. The molecule has 0 fully saturated rings. The minimum Gasteiger partial charge on any atom is -0.456 e. The molecule has 5 heteroatoms. The van der Waals surface area contributed by atoms with Crippen molar-refractivity contribution in [2.45, 2.75) is 0 Å². The SMILES string of the molecule is [2H]c1cc2c(oc3c([2H])cc([2H])c(-c4nc(-c5ccc(-c6ccccc6)cc5)nc(-c5ccc6ccccc6c5)n4)c32)c(-c2c([2H])c([2H])c3c(oc4c([2H])c([2H])c([2H])c([2H])c43)c2[2H])c1[2H]. The Labute approximate surface area is 325 Å². The van der Waals surface area contributed by atoms with Gasteiger partial charge in [-0.3, -0.25) is 0 Å². The van der Waals surface area contributed by atoms with E-state index < -0.39 is 48.3 Å². The van der Waals surface area contributed by atoms with Crippen LogP contribution in [0.1, 0.15) is 15.1 Å². The molecule has 0 saturated heterocycles. The first-order valence-corrected chi connectivity index (χ1v) is 17.1. The van der Waals surface area contributed by atoms with Crippen LogP contribution < -0.4 is 0 Å². The molecule has 0 N–H and O–H groups in total. The summed E-state index contributed by atoms with van der Waals surface area (Å²) in [5, 5.41) is 1.97. The van der Waals surface area contributed by atoms with Gasteiger partial charge in [0.1, 0.15) is 22.3 Å². The van der Waals surface area contributed by atoms with Gasteiger partial charge < -0.3 is 8.83 Å². The highest BCUT2D eigenvalue weighted by Gasteiger charge is 2.20. The minimum absolute atomic E-state index is 0.0451. The van der Waals surface area contributed by atoms with E-state index in [1.54, 1.807) is 0 Å². The smallest absolute Gasteiger partial charge is 0.164 e. The van der Waals surface area contributed by atoms with Gasteiger partial charge in [-0.2, -0.15) is 0 Å². The number of para-hydroxylation sites is 2. The Balaban J connectivity index is 1.18. The Bertz CT molecular complexity index is 3850. The summed E-state index contributed by atoms with van der Waals surface area (Å²) in [6, 6.07) is 29.0. The molecule has 0 atom stereocenters. The van der Waals surface area contributed by atoms with Gasteiger partial charge in [-0.1, -0.05) is 145 Å². The van der Waals surface area contributed by atoms with Crippen molar-refractivity contribution >= 4 is 54.6 Å². The van der Waals surface area contributed by atoms with E-state index in [4.69, 9.17) is 34.8 Å². The third kappa shape index (κ3) is 4.98. The highest BCUT2D eigenvalue weighted by atomic mass is 16.3. The molecule has 0 saturated carbocycles. The fourth-order valence-corrected chi connectivity index (χ4v) is 6.89. The summed E-state index contributed by atoms with van der Waals surface area (Å²) in [6.07, 6.45) is 0. The highest BCUT2D eigenvalue weighted by molar-refractivity contribution is 6.15. The molecular weight excluding hydrogens is 663 g/mol. The Kier molecular flexibility index (Phi) is 4.76. The van der Waals surface area contributed by atoms with Crippen LogP contribution in [0.2, 0.25) is 0 Å². The van der Waals surface area contributed by atoms with Gasteiger partial charge in [0.25, 0.3) is 0 Å². The molecule has 0 radical (unpaired) electrons. The number of furan rings is 2. The monoisotopic (exact) mass is 702 g/mol. The molecule has 0 spiro atoms. The third-order valence-corrected chi connectivity index (χ3v) is 9.51. The van der Waals surface area contributed by atoms with E-state index in [-0.39, 0.29) is 84.5 Å². The molecule has 0 aliphatic rings. The van der Waals surface area contributed by atoms with Crippen molar-refractivity contribution in [2.75, 3.05) is 0 Å². The lowest BCUT2D eigenvalue weighted by molar-refractivity contribution is 0.668. The summed E-state index contributed by atoms with van der Waals surface area (Å²) < 4.78 is 110. The number of nitrogens with zero attached hydrogens (tertiary/aromatic N) is 3. The normalized spacial score (nSPS) is 14.6. The van der Waals surface area contributed by atoms with Crippen LogP contribution in [0, 0.1) is 0 Å². The van der Waals surface area contributed by atoms with Crippen molar-refractivity contribution in [1.29, 1.82) is 0 Å². The topological polar surface area (TPSA) is 65.0 Å². The van der Waals surface area contributed by atoms with Crippen LogP contribution in [0.4, 0.5) is 0 Å². The van der Waals surface area contributed by atoms with Crippen molar-refractivity contribution in [3.63, 3.8) is 0 Å². The third-order valence-electron chi connectivity index (χ3n) is 9.51. The van der Waals surface area contributed by atoms with E-state index in [1.165, 1.54) is 12.1 Å². The maximum atomic E-state index is 9.35. The number of hydrogen-bond donors (Lipinski definition) is 0. The largest absolute Gasteiger partial charge is 0.456 e. The summed E-state index contributed by atoms with van der Waals surface area (Å²) in [4.78, 5) is 14.8. The molecule has 3 heterocycles. The predicted molar refractivity (Wildman–Crippen MR) is 219 cm³/mol. The van der Waals surface area contributed by atoms with E-state index >= 15 is 0 Å². The lowest BCUT2D eigenvalue weighted by Gasteiger charge is -2.10. The van der Waals surface area contributed by atoms with Gasteiger partial charge in [0.05, 0.1) is 15.1 Å². The van der Waals surface area contributed by atoms with Gasteiger partial charge in [0, 0.05) is 43.8 Å². The zero-order chi connectivity index (χ0) is 45.2. The summed E-state index contributed by atoms with van der Waals surface area (Å²) in [7, 11) is 0. The molecule has 3 aromatic heterocycles. The van der Waals surface area contributed by atoms with E-state index in [0.717, 1.165) is 21.9 Å². The zero-order valence-corrected chi connectivity index (χ0v) is 28.1. The minimum atomic E-state index is -0.577. The molecule has 0 unspecified atom stereocenters. The van der Waals surface area contributed by atoms with Crippen LogP contribution in [-0.2, 0) is 0 Å². The Morgan fingerprint density at radius 2 is 1.13 bits per heavy atom. The van der Waals surface area contributed by atoms with Gasteiger partial charge in [0.15, 0.2) is 17.5 Å². The van der Waals surface area contributed by atoms with E-state index in [9.17, 15) is 4.11 Å². The van der Waals surface area contributed by atoms with E-state index in [1.807, 2.05) is 97.1 Å². The van der Waals surface area contributed by atoms with Crippen LogP contribution >= 0.6 is 0 Å².